The van der Waals surface area contributed by atoms with Gasteiger partial charge in [-0.2, -0.15) is 0 Å². The Morgan fingerprint density at radius 3 is 2.55 bits per heavy atom. The SMILES string of the molecule is [B]CC[C@@H]1CC2CC3CC1C32. The summed E-state index contributed by atoms with van der Waals surface area (Å²) in [5.74, 6) is 5.67. The van der Waals surface area contributed by atoms with Gasteiger partial charge in [0.25, 0.3) is 0 Å². The van der Waals surface area contributed by atoms with Crippen molar-refractivity contribution in [2.24, 2.45) is 29.6 Å². The Kier molecular flexibility index (Phi) is 1.23. The van der Waals surface area contributed by atoms with Gasteiger partial charge >= 0.3 is 0 Å². The van der Waals surface area contributed by atoms with Crippen molar-refractivity contribution in [3.8, 4) is 0 Å². The molecule has 0 aromatic rings. The molecule has 3 aliphatic carbocycles. The molecule has 0 aromatic carbocycles. The van der Waals surface area contributed by atoms with E-state index in [-0.39, 0.29) is 0 Å². The van der Waals surface area contributed by atoms with E-state index in [1.54, 1.807) is 12.8 Å². The molecule has 3 aliphatic rings. The van der Waals surface area contributed by atoms with Crippen molar-refractivity contribution in [2.45, 2.75) is 32.0 Å². The summed E-state index contributed by atoms with van der Waals surface area (Å²) in [4.78, 5) is 0. The summed E-state index contributed by atoms with van der Waals surface area (Å²) in [6, 6.07) is 0. The molecule has 0 aliphatic heterocycles. The molecule has 11 heavy (non-hydrogen) atoms. The monoisotopic (exact) mass is 146 g/mol. The molecule has 0 amide bonds. The van der Waals surface area contributed by atoms with Gasteiger partial charge in [-0.15, -0.1) is 0 Å². The molecule has 2 radical (unpaired) electrons. The Bertz CT molecular complexity index is 178. The molecular formula is C10H15B. The fourth-order valence-corrected chi connectivity index (χ4v) is 4.03. The second-order valence-corrected chi connectivity index (χ2v) is 4.81. The zero-order chi connectivity index (χ0) is 7.42. The predicted octanol–water partition coefficient (Wildman–Crippen LogP) is 2.26. The van der Waals surface area contributed by atoms with Crippen molar-refractivity contribution in [3.63, 3.8) is 0 Å². The molecule has 58 valence electrons. The quantitative estimate of drug-likeness (QED) is 0.524. The molecule has 4 unspecified atom stereocenters. The largest absolute Gasteiger partial charge is 0.0884 e. The van der Waals surface area contributed by atoms with Gasteiger partial charge in [-0.1, -0.05) is 12.7 Å². The van der Waals surface area contributed by atoms with Crippen LogP contribution in [0.2, 0.25) is 6.32 Å². The van der Waals surface area contributed by atoms with E-state index < -0.39 is 0 Å². The fraction of sp³-hybridized carbons (Fsp3) is 1.00. The summed E-state index contributed by atoms with van der Waals surface area (Å²) < 4.78 is 0. The minimum Gasteiger partial charge on any atom is -0.0884 e. The van der Waals surface area contributed by atoms with Gasteiger partial charge in [0, 0.05) is 0 Å². The van der Waals surface area contributed by atoms with Crippen LogP contribution in [0.5, 0.6) is 0 Å². The van der Waals surface area contributed by atoms with E-state index >= 15 is 0 Å². The molecule has 3 fully saturated rings. The average Bonchev–Trinajstić information content (AvgIpc) is 2.16. The molecule has 0 spiro atoms. The van der Waals surface area contributed by atoms with Crippen LogP contribution in [-0.4, -0.2) is 7.85 Å². The van der Waals surface area contributed by atoms with Crippen molar-refractivity contribution < 1.29 is 0 Å². The van der Waals surface area contributed by atoms with E-state index in [0.29, 0.717) is 0 Å². The molecule has 0 N–H and O–H groups in total. The van der Waals surface area contributed by atoms with Gasteiger partial charge in [0.2, 0.25) is 0 Å². The first-order valence-corrected chi connectivity index (χ1v) is 5.10. The van der Waals surface area contributed by atoms with Crippen LogP contribution in [0, 0.1) is 29.6 Å². The third-order valence-corrected chi connectivity index (χ3v) is 4.51. The lowest BCUT2D eigenvalue weighted by atomic mass is 9.51. The molecule has 1 heteroatoms. The molecule has 0 aromatic heterocycles. The first-order valence-electron chi connectivity index (χ1n) is 5.10. The Balaban J connectivity index is 1.71. The van der Waals surface area contributed by atoms with Gasteiger partial charge in [0.05, 0.1) is 7.85 Å². The number of hydrogen-bond donors (Lipinski definition) is 0. The van der Waals surface area contributed by atoms with E-state index in [0.717, 1.165) is 24.1 Å². The van der Waals surface area contributed by atoms with Crippen LogP contribution < -0.4 is 0 Å². The van der Waals surface area contributed by atoms with Crippen LogP contribution in [0.1, 0.15) is 25.7 Å². The topological polar surface area (TPSA) is 0 Å². The standard InChI is InChI=1S/C10H15B/c11-2-1-6-3-7-4-8-5-9(6)10(7)8/h6-10H,1-5H2/t6-,7?,8?,9?,10?/m1/s1. The Morgan fingerprint density at radius 2 is 1.91 bits per heavy atom. The third-order valence-electron chi connectivity index (χ3n) is 4.51. The minimum absolute atomic E-state index is 0.922. The number of hydrogen-bond acceptors (Lipinski definition) is 0. The maximum absolute atomic E-state index is 5.60. The van der Waals surface area contributed by atoms with Gasteiger partial charge < -0.3 is 0 Å². The normalized spacial score (nSPS) is 58.0. The molecule has 0 saturated heterocycles. The molecule has 0 heterocycles. The van der Waals surface area contributed by atoms with E-state index in [2.05, 4.69) is 0 Å². The van der Waals surface area contributed by atoms with Gasteiger partial charge in [-0.05, 0) is 48.9 Å². The first-order chi connectivity index (χ1) is 5.40. The predicted molar refractivity (Wildman–Crippen MR) is 46.5 cm³/mol. The van der Waals surface area contributed by atoms with Crippen LogP contribution in [-0.2, 0) is 0 Å². The van der Waals surface area contributed by atoms with Crippen LogP contribution in [0.4, 0.5) is 0 Å². The highest BCUT2D eigenvalue weighted by Gasteiger charge is 2.60. The van der Waals surface area contributed by atoms with Crippen LogP contribution in [0.3, 0.4) is 0 Å². The highest BCUT2D eigenvalue weighted by molar-refractivity contribution is 6.08. The van der Waals surface area contributed by atoms with E-state index in [4.69, 9.17) is 7.85 Å². The Morgan fingerprint density at radius 1 is 1.09 bits per heavy atom. The lowest BCUT2D eigenvalue weighted by Gasteiger charge is -2.54. The Labute approximate surface area is 70.2 Å². The highest BCUT2D eigenvalue weighted by atomic mass is 14.6. The number of rotatable bonds is 2. The molecular weight excluding hydrogens is 131 g/mol. The third kappa shape index (κ3) is 0.678. The second-order valence-electron chi connectivity index (χ2n) is 4.81. The summed E-state index contributed by atoms with van der Waals surface area (Å²) in [6.07, 6.45) is 6.90. The molecule has 3 saturated carbocycles. The van der Waals surface area contributed by atoms with E-state index in [9.17, 15) is 0 Å². The summed E-state index contributed by atoms with van der Waals surface area (Å²) in [6.45, 7) is 0. The smallest absolute Gasteiger partial charge is 0.0653 e. The summed E-state index contributed by atoms with van der Waals surface area (Å²) >= 11 is 0. The average molecular weight is 146 g/mol. The molecule has 3 rings (SSSR count). The van der Waals surface area contributed by atoms with E-state index in [1.807, 2.05) is 0 Å². The Hall–Kier alpha value is 0.0649. The van der Waals surface area contributed by atoms with Crippen molar-refractivity contribution in [2.75, 3.05) is 0 Å². The summed E-state index contributed by atoms with van der Waals surface area (Å²) in [5, 5.41) is 0. The van der Waals surface area contributed by atoms with Crippen molar-refractivity contribution in [1.82, 2.24) is 0 Å². The van der Waals surface area contributed by atoms with Crippen molar-refractivity contribution in [3.05, 3.63) is 0 Å². The van der Waals surface area contributed by atoms with Crippen molar-refractivity contribution >= 4 is 7.85 Å². The summed E-state index contributed by atoms with van der Waals surface area (Å²) in [7, 11) is 5.60. The maximum atomic E-state index is 5.60. The van der Waals surface area contributed by atoms with Gasteiger partial charge in [-0.3, -0.25) is 0 Å². The van der Waals surface area contributed by atoms with E-state index in [1.165, 1.54) is 24.7 Å². The zero-order valence-electron chi connectivity index (χ0n) is 7.00. The second kappa shape index (κ2) is 2.05. The molecule has 5 atom stereocenters. The van der Waals surface area contributed by atoms with Crippen LogP contribution >= 0.6 is 0 Å². The first kappa shape index (κ1) is 6.57. The summed E-state index contributed by atoms with van der Waals surface area (Å²) in [5.41, 5.74) is 0. The highest BCUT2D eigenvalue weighted by Crippen LogP contribution is 2.68. The van der Waals surface area contributed by atoms with Crippen LogP contribution in [0.15, 0.2) is 0 Å². The van der Waals surface area contributed by atoms with Gasteiger partial charge in [-0.25, -0.2) is 0 Å². The lowest BCUT2D eigenvalue weighted by molar-refractivity contribution is -0.0485. The van der Waals surface area contributed by atoms with Crippen molar-refractivity contribution in [1.29, 1.82) is 0 Å². The fourth-order valence-electron chi connectivity index (χ4n) is 4.03. The van der Waals surface area contributed by atoms with Gasteiger partial charge in [0.15, 0.2) is 0 Å². The van der Waals surface area contributed by atoms with Crippen LogP contribution in [0.25, 0.3) is 0 Å². The maximum Gasteiger partial charge on any atom is 0.0653 e. The minimum atomic E-state index is 0.922. The lowest BCUT2D eigenvalue weighted by Crippen LogP contribution is -2.47. The van der Waals surface area contributed by atoms with Gasteiger partial charge in [0.1, 0.15) is 0 Å². The zero-order valence-corrected chi connectivity index (χ0v) is 7.00. The molecule has 0 bridgehead atoms. The molecule has 0 nitrogen and oxygen atoms in total.